The summed E-state index contributed by atoms with van der Waals surface area (Å²) in [5.74, 6) is -0.554. The zero-order chi connectivity index (χ0) is 14.7. The largest absolute Gasteiger partial charge is 0.383 e. The van der Waals surface area contributed by atoms with Gasteiger partial charge < -0.3 is 10.6 Å². The number of para-hydroxylation sites is 1. The van der Waals surface area contributed by atoms with Crippen molar-refractivity contribution in [1.29, 1.82) is 0 Å². The van der Waals surface area contributed by atoms with Crippen LogP contribution in [-0.4, -0.2) is 27.7 Å². The van der Waals surface area contributed by atoms with Crippen molar-refractivity contribution in [3.63, 3.8) is 0 Å². The molecule has 104 valence electrons. The van der Waals surface area contributed by atoms with Gasteiger partial charge in [0, 0.05) is 20.3 Å². The van der Waals surface area contributed by atoms with Crippen LogP contribution < -0.4 is 10.6 Å². The summed E-state index contributed by atoms with van der Waals surface area (Å²) in [4.78, 5) is 22.7. The molecule has 0 aliphatic carbocycles. The summed E-state index contributed by atoms with van der Waals surface area (Å²) in [6, 6.07) is 4.53. The number of aromatic nitrogens is 2. The Morgan fingerprint density at radius 3 is 2.75 bits per heavy atom. The van der Waals surface area contributed by atoms with Crippen molar-refractivity contribution in [2.45, 2.75) is 0 Å². The van der Waals surface area contributed by atoms with Crippen LogP contribution in [0.25, 0.3) is 0 Å². The molecule has 0 aliphatic rings. The number of nitrogens with one attached hydrogen (secondary N) is 2. The van der Waals surface area contributed by atoms with Gasteiger partial charge in [-0.3, -0.25) is 19.6 Å². The first-order valence-corrected chi connectivity index (χ1v) is 5.78. The number of anilines is 2. The molecule has 0 spiro atoms. The Kier molecular flexibility index (Phi) is 3.65. The molecule has 0 aliphatic heterocycles. The molecule has 1 aromatic heterocycles. The number of nitro benzene ring substituents is 1. The zero-order valence-electron chi connectivity index (χ0n) is 11.0. The summed E-state index contributed by atoms with van der Waals surface area (Å²) >= 11 is 0. The molecular formula is C12H13N5O3. The molecule has 20 heavy (non-hydrogen) atoms. The van der Waals surface area contributed by atoms with Crippen LogP contribution in [0.2, 0.25) is 0 Å². The molecule has 0 radical (unpaired) electrons. The van der Waals surface area contributed by atoms with Crippen LogP contribution in [0.1, 0.15) is 10.4 Å². The molecule has 1 amide bonds. The second-order valence-corrected chi connectivity index (χ2v) is 4.07. The highest BCUT2D eigenvalue weighted by atomic mass is 16.6. The van der Waals surface area contributed by atoms with Crippen molar-refractivity contribution < 1.29 is 9.72 Å². The van der Waals surface area contributed by atoms with Crippen LogP contribution in [0.4, 0.5) is 17.1 Å². The van der Waals surface area contributed by atoms with Crippen LogP contribution in [0, 0.1) is 10.1 Å². The lowest BCUT2D eigenvalue weighted by atomic mass is 10.1. The standard InChI is InChI=1S/C12H13N5O3/c1-13-10-5-3-4-9(11(10)17(19)20)12(18)15-8-6-14-16(2)7-8/h3-7,13H,1-2H3,(H,15,18). The summed E-state index contributed by atoms with van der Waals surface area (Å²) in [7, 11) is 3.27. The molecule has 2 aromatic rings. The SMILES string of the molecule is CNc1cccc(C(=O)Nc2cnn(C)c2)c1[N+](=O)[O-]. The fourth-order valence-corrected chi connectivity index (χ4v) is 1.81. The van der Waals surface area contributed by atoms with E-state index in [1.807, 2.05) is 0 Å². The Labute approximate surface area is 114 Å². The minimum absolute atomic E-state index is 0.00861. The minimum atomic E-state index is -0.579. The van der Waals surface area contributed by atoms with Gasteiger partial charge in [0.15, 0.2) is 0 Å². The number of rotatable bonds is 4. The molecule has 1 heterocycles. The van der Waals surface area contributed by atoms with Crippen molar-refractivity contribution in [2.75, 3.05) is 17.7 Å². The normalized spacial score (nSPS) is 10.1. The van der Waals surface area contributed by atoms with Gasteiger partial charge in [-0.1, -0.05) is 6.07 Å². The van der Waals surface area contributed by atoms with E-state index in [0.29, 0.717) is 5.69 Å². The zero-order valence-corrected chi connectivity index (χ0v) is 11.0. The van der Waals surface area contributed by atoms with Gasteiger partial charge >= 0.3 is 5.69 Å². The van der Waals surface area contributed by atoms with Crippen molar-refractivity contribution in [3.8, 4) is 0 Å². The highest BCUT2D eigenvalue weighted by Crippen LogP contribution is 2.28. The first-order valence-electron chi connectivity index (χ1n) is 5.78. The molecular weight excluding hydrogens is 262 g/mol. The van der Waals surface area contributed by atoms with Crippen molar-refractivity contribution in [2.24, 2.45) is 7.05 Å². The fourth-order valence-electron chi connectivity index (χ4n) is 1.81. The van der Waals surface area contributed by atoms with Gasteiger partial charge in [-0.25, -0.2) is 0 Å². The van der Waals surface area contributed by atoms with Crippen LogP contribution >= 0.6 is 0 Å². The molecule has 8 nitrogen and oxygen atoms in total. The monoisotopic (exact) mass is 275 g/mol. The second kappa shape index (κ2) is 5.39. The van der Waals surface area contributed by atoms with Crippen LogP contribution in [0.5, 0.6) is 0 Å². The van der Waals surface area contributed by atoms with E-state index in [1.54, 1.807) is 32.4 Å². The molecule has 0 atom stereocenters. The molecule has 0 bridgehead atoms. The first kappa shape index (κ1) is 13.5. The summed E-state index contributed by atoms with van der Waals surface area (Å²) in [6.45, 7) is 0. The Morgan fingerprint density at radius 2 is 2.20 bits per heavy atom. The van der Waals surface area contributed by atoms with Gasteiger partial charge in [0.1, 0.15) is 11.3 Å². The predicted molar refractivity (Wildman–Crippen MR) is 73.8 cm³/mol. The molecule has 1 aromatic carbocycles. The van der Waals surface area contributed by atoms with E-state index in [4.69, 9.17) is 0 Å². The molecule has 0 saturated carbocycles. The van der Waals surface area contributed by atoms with E-state index in [-0.39, 0.29) is 16.9 Å². The smallest absolute Gasteiger partial charge is 0.305 e. The Morgan fingerprint density at radius 1 is 1.45 bits per heavy atom. The van der Waals surface area contributed by atoms with E-state index in [9.17, 15) is 14.9 Å². The number of carbonyl (C=O) groups excluding carboxylic acids is 1. The summed E-state index contributed by atoms with van der Waals surface area (Å²) in [6.07, 6.45) is 3.07. The summed E-state index contributed by atoms with van der Waals surface area (Å²) in [5.41, 5.74) is 0.498. The highest BCUT2D eigenvalue weighted by molar-refractivity contribution is 6.08. The van der Waals surface area contributed by atoms with Crippen LogP contribution in [0.15, 0.2) is 30.6 Å². The van der Waals surface area contributed by atoms with Gasteiger partial charge in [0.2, 0.25) is 0 Å². The van der Waals surface area contributed by atoms with Crippen LogP contribution in [0.3, 0.4) is 0 Å². The number of nitrogens with zero attached hydrogens (tertiary/aromatic N) is 3. The van der Waals surface area contributed by atoms with E-state index in [0.717, 1.165) is 0 Å². The lowest BCUT2D eigenvalue weighted by Crippen LogP contribution is -2.14. The number of aryl methyl sites for hydroxylation is 1. The Bertz CT molecular complexity index is 665. The molecule has 2 rings (SSSR count). The van der Waals surface area contributed by atoms with Crippen molar-refractivity contribution in [1.82, 2.24) is 9.78 Å². The minimum Gasteiger partial charge on any atom is -0.383 e. The maximum atomic E-state index is 12.1. The first-order chi connectivity index (χ1) is 9.52. The average molecular weight is 275 g/mol. The number of benzene rings is 1. The van der Waals surface area contributed by atoms with Gasteiger partial charge in [-0.15, -0.1) is 0 Å². The lowest BCUT2D eigenvalue weighted by Gasteiger charge is -2.07. The molecule has 0 saturated heterocycles. The summed E-state index contributed by atoms with van der Waals surface area (Å²) in [5, 5.41) is 20.3. The maximum Gasteiger partial charge on any atom is 0.305 e. The average Bonchev–Trinajstić information content (AvgIpc) is 2.82. The van der Waals surface area contributed by atoms with Crippen molar-refractivity contribution in [3.05, 3.63) is 46.3 Å². The van der Waals surface area contributed by atoms with E-state index in [1.165, 1.54) is 16.9 Å². The predicted octanol–water partition coefficient (Wildman–Crippen LogP) is 1.62. The summed E-state index contributed by atoms with van der Waals surface area (Å²) < 4.78 is 1.52. The third-order valence-corrected chi connectivity index (χ3v) is 2.70. The highest BCUT2D eigenvalue weighted by Gasteiger charge is 2.24. The number of hydrogen-bond acceptors (Lipinski definition) is 5. The number of amides is 1. The van der Waals surface area contributed by atoms with Gasteiger partial charge in [0.25, 0.3) is 5.91 Å². The van der Waals surface area contributed by atoms with E-state index in [2.05, 4.69) is 15.7 Å². The Balaban J connectivity index is 2.36. The molecule has 0 fully saturated rings. The molecule has 0 unspecified atom stereocenters. The lowest BCUT2D eigenvalue weighted by molar-refractivity contribution is -0.384. The molecule has 8 heteroatoms. The molecule has 2 N–H and O–H groups in total. The number of hydrogen-bond donors (Lipinski definition) is 2. The van der Waals surface area contributed by atoms with Gasteiger partial charge in [-0.2, -0.15) is 5.10 Å². The topological polar surface area (TPSA) is 102 Å². The van der Waals surface area contributed by atoms with Crippen molar-refractivity contribution >= 4 is 23.0 Å². The maximum absolute atomic E-state index is 12.1. The van der Waals surface area contributed by atoms with Gasteiger partial charge in [-0.05, 0) is 12.1 Å². The third-order valence-electron chi connectivity index (χ3n) is 2.70. The number of carbonyl (C=O) groups is 1. The quantitative estimate of drug-likeness (QED) is 0.652. The van der Waals surface area contributed by atoms with E-state index < -0.39 is 10.8 Å². The number of nitro groups is 1. The van der Waals surface area contributed by atoms with Gasteiger partial charge in [0.05, 0.1) is 16.8 Å². The van der Waals surface area contributed by atoms with E-state index >= 15 is 0 Å². The fraction of sp³-hybridized carbons (Fsp3) is 0.167. The third kappa shape index (κ3) is 2.58. The second-order valence-electron chi connectivity index (χ2n) is 4.07. The Hall–Kier alpha value is -2.90. The van der Waals surface area contributed by atoms with Crippen LogP contribution in [-0.2, 0) is 7.05 Å².